The molecule has 1 heterocycles. The van der Waals surface area contributed by atoms with Gasteiger partial charge in [0.2, 0.25) is 0 Å². The highest BCUT2D eigenvalue weighted by Gasteiger charge is 2.23. The smallest absolute Gasteiger partial charge is 0.252 e. The van der Waals surface area contributed by atoms with Crippen LogP contribution in [0.25, 0.3) is 0 Å². The molecule has 0 bridgehead atoms. The van der Waals surface area contributed by atoms with E-state index in [4.69, 9.17) is 16.3 Å². The number of morpholine rings is 1. The predicted molar refractivity (Wildman–Crippen MR) is 95.3 cm³/mol. The molecule has 25 heavy (non-hydrogen) atoms. The SMILES string of the molecule is O=C(NCC(c1ccc(F)cc1)N1CCOCC1)c1ccccc1Cl. The van der Waals surface area contributed by atoms with Crippen LogP contribution in [0, 0.1) is 5.82 Å². The van der Waals surface area contributed by atoms with E-state index in [1.54, 1.807) is 36.4 Å². The fraction of sp³-hybridized carbons (Fsp3) is 0.316. The molecule has 1 aliphatic rings. The summed E-state index contributed by atoms with van der Waals surface area (Å²) < 4.78 is 18.7. The van der Waals surface area contributed by atoms with E-state index in [1.807, 2.05) is 0 Å². The molecule has 132 valence electrons. The number of nitrogens with one attached hydrogen (secondary N) is 1. The van der Waals surface area contributed by atoms with E-state index in [2.05, 4.69) is 10.2 Å². The predicted octanol–water partition coefficient (Wildman–Crippen LogP) is 3.28. The summed E-state index contributed by atoms with van der Waals surface area (Å²) in [4.78, 5) is 14.7. The molecule has 1 aliphatic heterocycles. The lowest BCUT2D eigenvalue weighted by Crippen LogP contribution is -2.43. The zero-order chi connectivity index (χ0) is 17.6. The second kappa shape index (κ2) is 8.43. The van der Waals surface area contributed by atoms with Gasteiger partial charge in [0.15, 0.2) is 0 Å². The Balaban J connectivity index is 1.74. The summed E-state index contributed by atoms with van der Waals surface area (Å²) in [5.74, 6) is -0.490. The molecule has 0 spiro atoms. The van der Waals surface area contributed by atoms with Crippen molar-refractivity contribution in [3.05, 3.63) is 70.5 Å². The second-order valence-corrected chi connectivity index (χ2v) is 6.31. The number of nitrogens with zero attached hydrogens (tertiary/aromatic N) is 1. The number of amides is 1. The van der Waals surface area contributed by atoms with Gasteiger partial charge in [0.1, 0.15) is 5.82 Å². The molecule has 2 aromatic carbocycles. The van der Waals surface area contributed by atoms with Gasteiger partial charge in [-0.15, -0.1) is 0 Å². The summed E-state index contributed by atoms with van der Waals surface area (Å²) in [6.07, 6.45) is 0. The minimum atomic E-state index is -0.274. The van der Waals surface area contributed by atoms with Crippen molar-refractivity contribution in [2.75, 3.05) is 32.8 Å². The van der Waals surface area contributed by atoms with Crippen LogP contribution in [-0.4, -0.2) is 43.7 Å². The van der Waals surface area contributed by atoms with Crippen molar-refractivity contribution in [2.24, 2.45) is 0 Å². The lowest BCUT2D eigenvalue weighted by molar-refractivity contribution is 0.0162. The van der Waals surface area contributed by atoms with E-state index < -0.39 is 0 Å². The number of hydrogen-bond donors (Lipinski definition) is 1. The highest BCUT2D eigenvalue weighted by atomic mass is 35.5. The van der Waals surface area contributed by atoms with Gasteiger partial charge in [0, 0.05) is 19.6 Å². The van der Waals surface area contributed by atoms with Gasteiger partial charge in [-0.2, -0.15) is 0 Å². The van der Waals surface area contributed by atoms with Crippen LogP contribution >= 0.6 is 11.6 Å². The Bertz CT molecular complexity index is 718. The maximum Gasteiger partial charge on any atom is 0.252 e. The van der Waals surface area contributed by atoms with Gasteiger partial charge in [0.25, 0.3) is 5.91 Å². The molecule has 1 fully saturated rings. The third-order valence-electron chi connectivity index (χ3n) is 4.32. The van der Waals surface area contributed by atoms with E-state index in [0.29, 0.717) is 30.3 Å². The minimum absolute atomic E-state index is 0.0454. The fourth-order valence-electron chi connectivity index (χ4n) is 2.96. The van der Waals surface area contributed by atoms with Crippen molar-refractivity contribution in [3.63, 3.8) is 0 Å². The first kappa shape index (κ1) is 17.9. The Morgan fingerprint density at radius 2 is 1.84 bits per heavy atom. The molecule has 0 aliphatic carbocycles. The average Bonchev–Trinajstić information content (AvgIpc) is 2.64. The number of rotatable bonds is 5. The van der Waals surface area contributed by atoms with Crippen molar-refractivity contribution in [1.29, 1.82) is 0 Å². The van der Waals surface area contributed by atoms with E-state index in [9.17, 15) is 9.18 Å². The van der Waals surface area contributed by atoms with Crippen molar-refractivity contribution >= 4 is 17.5 Å². The van der Waals surface area contributed by atoms with Gasteiger partial charge < -0.3 is 10.1 Å². The summed E-state index contributed by atoms with van der Waals surface area (Å²) >= 11 is 6.09. The Morgan fingerprint density at radius 3 is 2.52 bits per heavy atom. The fourth-order valence-corrected chi connectivity index (χ4v) is 3.18. The molecule has 1 atom stereocenters. The van der Waals surface area contributed by atoms with Gasteiger partial charge in [0.05, 0.1) is 29.8 Å². The van der Waals surface area contributed by atoms with Gasteiger partial charge in [-0.3, -0.25) is 9.69 Å². The first-order valence-corrected chi connectivity index (χ1v) is 8.63. The lowest BCUT2D eigenvalue weighted by atomic mass is 10.0. The van der Waals surface area contributed by atoms with Crippen LogP contribution in [0.2, 0.25) is 5.02 Å². The largest absolute Gasteiger partial charge is 0.379 e. The van der Waals surface area contributed by atoms with E-state index in [-0.39, 0.29) is 17.8 Å². The Morgan fingerprint density at radius 1 is 1.16 bits per heavy atom. The quantitative estimate of drug-likeness (QED) is 0.887. The lowest BCUT2D eigenvalue weighted by Gasteiger charge is -2.35. The van der Waals surface area contributed by atoms with Crippen LogP contribution < -0.4 is 5.32 Å². The van der Waals surface area contributed by atoms with Crippen molar-refractivity contribution in [2.45, 2.75) is 6.04 Å². The minimum Gasteiger partial charge on any atom is -0.379 e. The highest BCUT2D eigenvalue weighted by Crippen LogP contribution is 2.22. The number of carbonyl (C=O) groups is 1. The normalized spacial score (nSPS) is 16.4. The average molecular weight is 363 g/mol. The Kier molecular flexibility index (Phi) is 6.02. The van der Waals surface area contributed by atoms with Gasteiger partial charge in [-0.25, -0.2) is 4.39 Å². The van der Waals surface area contributed by atoms with Crippen LogP contribution in [0.1, 0.15) is 22.0 Å². The molecule has 3 rings (SSSR count). The van der Waals surface area contributed by atoms with E-state index >= 15 is 0 Å². The van der Waals surface area contributed by atoms with Crippen LogP contribution in [0.3, 0.4) is 0 Å². The third kappa shape index (κ3) is 4.57. The number of hydrogen-bond acceptors (Lipinski definition) is 3. The van der Waals surface area contributed by atoms with Crippen LogP contribution in [-0.2, 0) is 4.74 Å². The number of halogens is 2. The number of carbonyl (C=O) groups excluding carboxylic acids is 1. The summed E-state index contributed by atoms with van der Waals surface area (Å²) in [5.41, 5.74) is 1.41. The van der Waals surface area contributed by atoms with E-state index in [1.165, 1.54) is 12.1 Å². The molecule has 6 heteroatoms. The van der Waals surface area contributed by atoms with Crippen molar-refractivity contribution in [1.82, 2.24) is 10.2 Å². The zero-order valence-corrected chi connectivity index (χ0v) is 14.5. The Hall–Kier alpha value is -1.95. The van der Waals surface area contributed by atoms with Crippen molar-refractivity contribution in [3.8, 4) is 0 Å². The first-order chi connectivity index (χ1) is 12.1. The molecule has 0 saturated carbocycles. The molecule has 0 radical (unpaired) electrons. The van der Waals surface area contributed by atoms with Gasteiger partial charge >= 0.3 is 0 Å². The molecule has 1 unspecified atom stereocenters. The highest BCUT2D eigenvalue weighted by molar-refractivity contribution is 6.33. The van der Waals surface area contributed by atoms with Gasteiger partial charge in [-0.05, 0) is 29.8 Å². The Labute approximate surface area is 151 Å². The summed E-state index contributed by atoms with van der Waals surface area (Å²) in [6.45, 7) is 3.25. The molecule has 1 N–H and O–H groups in total. The van der Waals surface area contributed by atoms with Crippen LogP contribution in [0.5, 0.6) is 0 Å². The topological polar surface area (TPSA) is 41.6 Å². The molecular weight excluding hydrogens is 343 g/mol. The third-order valence-corrected chi connectivity index (χ3v) is 4.65. The van der Waals surface area contributed by atoms with Crippen molar-refractivity contribution < 1.29 is 13.9 Å². The summed E-state index contributed by atoms with van der Waals surface area (Å²) in [5, 5.41) is 3.37. The van der Waals surface area contributed by atoms with Crippen LogP contribution in [0.4, 0.5) is 4.39 Å². The molecular formula is C19H20ClFN2O2. The summed E-state index contributed by atoms with van der Waals surface area (Å²) in [6, 6.07) is 13.3. The molecule has 1 saturated heterocycles. The maximum atomic E-state index is 13.3. The first-order valence-electron chi connectivity index (χ1n) is 8.25. The second-order valence-electron chi connectivity index (χ2n) is 5.91. The molecule has 2 aromatic rings. The van der Waals surface area contributed by atoms with E-state index in [0.717, 1.165) is 18.7 Å². The van der Waals surface area contributed by atoms with Gasteiger partial charge in [-0.1, -0.05) is 35.9 Å². The zero-order valence-electron chi connectivity index (χ0n) is 13.8. The molecule has 4 nitrogen and oxygen atoms in total. The number of ether oxygens (including phenoxy) is 1. The summed E-state index contributed by atoms with van der Waals surface area (Å²) in [7, 11) is 0. The number of benzene rings is 2. The molecule has 1 amide bonds. The standard InChI is InChI=1S/C19H20ClFN2O2/c20-17-4-2-1-3-16(17)19(24)22-13-18(23-9-11-25-12-10-23)14-5-7-15(21)8-6-14/h1-8,18H,9-13H2,(H,22,24). The maximum absolute atomic E-state index is 13.3. The van der Waals surface area contributed by atoms with Crippen LogP contribution in [0.15, 0.2) is 48.5 Å². The monoisotopic (exact) mass is 362 g/mol. The molecule has 0 aromatic heterocycles.